The summed E-state index contributed by atoms with van der Waals surface area (Å²) in [6, 6.07) is 19.0. The molecule has 0 aliphatic carbocycles. The maximum atomic E-state index is 11.8. The normalized spacial score (nSPS) is 15.8. The Labute approximate surface area is 207 Å². The lowest BCUT2D eigenvalue weighted by Gasteiger charge is -2.39. The molecule has 1 N–H and O–H groups in total. The fourth-order valence-electron chi connectivity index (χ4n) is 4.06. The van der Waals surface area contributed by atoms with Crippen LogP contribution in [0.2, 0.25) is 5.02 Å². The third kappa shape index (κ3) is 8.98. The first-order valence-electron chi connectivity index (χ1n) is 11.9. The molecule has 2 aromatic carbocycles. The fraction of sp³-hybridized carbons (Fsp3) is 0.500. The van der Waals surface area contributed by atoms with E-state index in [4.69, 9.17) is 25.8 Å². The number of halogens is 1. The molecule has 1 fully saturated rings. The summed E-state index contributed by atoms with van der Waals surface area (Å²) >= 11 is 6.13. The van der Waals surface area contributed by atoms with Crippen LogP contribution in [0.5, 0.6) is 0 Å². The number of methoxy groups -OCH3 is 1. The van der Waals surface area contributed by atoms with Gasteiger partial charge in [0.15, 0.2) is 0 Å². The third-order valence-corrected chi connectivity index (χ3v) is 6.11. The highest BCUT2D eigenvalue weighted by Crippen LogP contribution is 2.30. The lowest BCUT2D eigenvalue weighted by molar-refractivity contribution is -0.126. The Morgan fingerprint density at radius 3 is 2.32 bits per heavy atom. The van der Waals surface area contributed by atoms with E-state index >= 15 is 0 Å². The van der Waals surface area contributed by atoms with E-state index in [0.29, 0.717) is 33.0 Å². The molecule has 1 amide bonds. The van der Waals surface area contributed by atoms with Gasteiger partial charge in [-0.3, -0.25) is 14.6 Å². The van der Waals surface area contributed by atoms with Gasteiger partial charge >= 0.3 is 0 Å². The second kappa shape index (κ2) is 15.1. The number of benzene rings is 2. The summed E-state index contributed by atoms with van der Waals surface area (Å²) in [5.74, 6) is -0.117. The number of amides is 1. The van der Waals surface area contributed by atoms with E-state index in [1.807, 2.05) is 12.1 Å². The molecule has 3 rings (SSSR count). The van der Waals surface area contributed by atoms with Crippen molar-refractivity contribution in [2.45, 2.75) is 6.04 Å². The molecular formula is C26H36ClN3O4. The van der Waals surface area contributed by atoms with Crippen LogP contribution in [0.15, 0.2) is 54.6 Å². The molecule has 1 saturated heterocycles. The molecule has 1 aliphatic heterocycles. The molecular weight excluding hydrogens is 454 g/mol. The Kier molecular flexibility index (Phi) is 11.8. The zero-order chi connectivity index (χ0) is 24.0. The molecule has 7 nitrogen and oxygen atoms in total. The van der Waals surface area contributed by atoms with Crippen LogP contribution in [-0.2, 0) is 19.0 Å². The molecule has 0 saturated carbocycles. The van der Waals surface area contributed by atoms with Crippen LogP contribution in [0.4, 0.5) is 0 Å². The summed E-state index contributed by atoms with van der Waals surface area (Å²) in [5.41, 5.74) is 2.54. The quantitative estimate of drug-likeness (QED) is 0.412. The Hall–Kier alpha value is -2.00. The highest BCUT2D eigenvalue weighted by atomic mass is 35.5. The fourth-order valence-corrected chi connectivity index (χ4v) is 4.18. The van der Waals surface area contributed by atoms with Crippen molar-refractivity contribution >= 4 is 17.5 Å². The van der Waals surface area contributed by atoms with Crippen LogP contribution in [0.3, 0.4) is 0 Å². The standard InChI is InChI=1S/C26H36ClN3O4/c1-32-19-20-33-17-11-28-25(31)21-34-18-16-29-12-14-30(15-13-29)26(22-5-3-2-4-6-22)23-7-9-24(27)10-8-23/h2-10,26H,11-21H2,1H3,(H,28,31). The summed E-state index contributed by atoms with van der Waals surface area (Å²) in [4.78, 5) is 16.8. The average molecular weight is 490 g/mol. The van der Waals surface area contributed by atoms with E-state index in [1.54, 1.807) is 7.11 Å². The Bertz CT molecular complexity index is 830. The minimum Gasteiger partial charge on any atom is -0.382 e. The second-order valence-electron chi connectivity index (χ2n) is 8.25. The van der Waals surface area contributed by atoms with Crippen LogP contribution in [0.1, 0.15) is 17.2 Å². The van der Waals surface area contributed by atoms with E-state index < -0.39 is 0 Å². The molecule has 1 atom stereocenters. The van der Waals surface area contributed by atoms with Crippen LogP contribution < -0.4 is 5.32 Å². The Balaban J connectivity index is 1.37. The number of carbonyl (C=O) groups excluding carboxylic acids is 1. The van der Waals surface area contributed by atoms with Crippen LogP contribution in [0, 0.1) is 0 Å². The monoisotopic (exact) mass is 489 g/mol. The van der Waals surface area contributed by atoms with Gasteiger partial charge in [-0.1, -0.05) is 54.1 Å². The van der Waals surface area contributed by atoms with Crippen LogP contribution >= 0.6 is 11.6 Å². The van der Waals surface area contributed by atoms with Crippen LogP contribution in [-0.4, -0.2) is 95.1 Å². The largest absolute Gasteiger partial charge is 0.382 e. The van der Waals surface area contributed by atoms with Gasteiger partial charge in [-0.05, 0) is 23.3 Å². The molecule has 8 heteroatoms. The molecule has 1 heterocycles. The van der Waals surface area contributed by atoms with Gasteiger partial charge in [-0.2, -0.15) is 0 Å². The summed E-state index contributed by atoms with van der Waals surface area (Å²) in [5, 5.41) is 3.55. The molecule has 186 valence electrons. The number of piperazine rings is 1. The average Bonchev–Trinajstić information content (AvgIpc) is 2.87. The lowest BCUT2D eigenvalue weighted by atomic mass is 9.96. The second-order valence-corrected chi connectivity index (χ2v) is 8.69. The van der Waals surface area contributed by atoms with E-state index in [1.165, 1.54) is 11.1 Å². The molecule has 2 aromatic rings. The van der Waals surface area contributed by atoms with E-state index in [0.717, 1.165) is 37.7 Å². The maximum absolute atomic E-state index is 11.8. The number of hydrogen-bond acceptors (Lipinski definition) is 6. The Morgan fingerprint density at radius 1 is 0.912 bits per heavy atom. The number of hydrogen-bond donors (Lipinski definition) is 1. The number of carbonyl (C=O) groups is 1. The first kappa shape index (κ1) is 26.6. The first-order valence-corrected chi connectivity index (χ1v) is 12.2. The predicted molar refractivity (Wildman–Crippen MR) is 134 cm³/mol. The van der Waals surface area contributed by atoms with Crippen molar-refractivity contribution in [1.29, 1.82) is 0 Å². The van der Waals surface area contributed by atoms with Crippen molar-refractivity contribution in [1.82, 2.24) is 15.1 Å². The first-order chi connectivity index (χ1) is 16.7. The van der Waals surface area contributed by atoms with Crippen molar-refractivity contribution in [3.8, 4) is 0 Å². The van der Waals surface area contributed by atoms with Crippen LogP contribution in [0.25, 0.3) is 0 Å². The van der Waals surface area contributed by atoms with Crippen molar-refractivity contribution < 1.29 is 19.0 Å². The maximum Gasteiger partial charge on any atom is 0.246 e. The smallest absolute Gasteiger partial charge is 0.246 e. The van der Waals surface area contributed by atoms with Gasteiger partial charge in [0.25, 0.3) is 0 Å². The van der Waals surface area contributed by atoms with Crippen molar-refractivity contribution in [3.05, 3.63) is 70.7 Å². The molecule has 0 bridgehead atoms. The molecule has 0 aromatic heterocycles. The number of nitrogens with zero attached hydrogens (tertiary/aromatic N) is 2. The molecule has 0 radical (unpaired) electrons. The van der Waals surface area contributed by atoms with Gasteiger partial charge in [0.05, 0.1) is 32.5 Å². The SMILES string of the molecule is COCCOCCNC(=O)COCCN1CCN(C(c2ccccc2)c2ccc(Cl)cc2)CC1. The lowest BCUT2D eigenvalue weighted by Crippen LogP contribution is -2.48. The molecule has 34 heavy (non-hydrogen) atoms. The van der Waals surface area contributed by atoms with Gasteiger partial charge < -0.3 is 19.5 Å². The minimum absolute atomic E-state index is 0.0741. The topological polar surface area (TPSA) is 63.3 Å². The van der Waals surface area contributed by atoms with Crippen molar-refractivity contribution in [3.63, 3.8) is 0 Å². The van der Waals surface area contributed by atoms with Gasteiger partial charge in [0.1, 0.15) is 6.61 Å². The number of nitrogens with one attached hydrogen (secondary N) is 1. The van der Waals surface area contributed by atoms with Gasteiger partial charge in [0.2, 0.25) is 5.91 Å². The summed E-state index contributed by atoms with van der Waals surface area (Å²) < 4.78 is 15.8. The summed E-state index contributed by atoms with van der Waals surface area (Å²) in [7, 11) is 1.63. The van der Waals surface area contributed by atoms with E-state index in [-0.39, 0.29) is 18.6 Å². The zero-order valence-corrected chi connectivity index (χ0v) is 20.7. The van der Waals surface area contributed by atoms with Gasteiger partial charge in [-0.25, -0.2) is 0 Å². The number of ether oxygens (including phenoxy) is 3. The molecule has 1 unspecified atom stereocenters. The summed E-state index contributed by atoms with van der Waals surface area (Å²) in [6.07, 6.45) is 0. The minimum atomic E-state index is -0.117. The van der Waals surface area contributed by atoms with E-state index in [9.17, 15) is 4.79 Å². The third-order valence-electron chi connectivity index (χ3n) is 5.86. The molecule has 1 aliphatic rings. The summed E-state index contributed by atoms with van der Waals surface area (Å²) in [6.45, 7) is 7.32. The van der Waals surface area contributed by atoms with Crippen molar-refractivity contribution in [2.75, 3.05) is 79.4 Å². The van der Waals surface area contributed by atoms with Gasteiger partial charge in [0, 0.05) is 51.4 Å². The zero-order valence-electron chi connectivity index (χ0n) is 20.0. The van der Waals surface area contributed by atoms with E-state index in [2.05, 4.69) is 57.6 Å². The Morgan fingerprint density at radius 2 is 1.62 bits per heavy atom. The highest BCUT2D eigenvalue weighted by molar-refractivity contribution is 6.30. The van der Waals surface area contributed by atoms with Gasteiger partial charge in [-0.15, -0.1) is 0 Å². The van der Waals surface area contributed by atoms with Crippen molar-refractivity contribution in [2.24, 2.45) is 0 Å². The molecule has 0 spiro atoms. The highest BCUT2D eigenvalue weighted by Gasteiger charge is 2.26. The number of rotatable bonds is 14. The predicted octanol–water partition coefficient (Wildman–Crippen LogP) is 2.84.